The maximum absolute atomic E-state index is 13.1. The number of ether oxygens (including phenoxy) is 3. The Morgan fingerprint density at radius 2 is 1.79 bits per heavy atom. The van der Waals surface area contributed by atoms with Gasteiger partial charge in [0.25, 0.3) is 0 Å². The molecule has 6 nitrogen and oxygen atoms in total. The van der Waals surface area contributed by atoms with Gasteiger partial charge in [0.15, 0.2) is 5.76 Å². The first kappa shape index (κ1) is 18.5. The predicted octanol–water partition coefficient (Wildman–Crippen LogP) is 3.18. The largest absolute Gasteiger partial charge is 0.497 e. The summed E-state index contributed by atoms with van der Waals surface area (Å²) in [5.41, 5.74) is 1.15. The molecule has 1 fully saturated rings. The number of morpholine rings is 1. The van der Waals surface area contributed by atoms with Crippen molar-refractivity contribution in [3.63, 3.8) is 0 Å². The minimum absolute atomic E-state index is 0.158. The smallest absolute Gasteiger partial charge is 0.235 e. The average molecular weight is 381 g/mol. The van der Waals surface area contributed by atoms with E-state index in [-0.39, 0.29) is 11.2 Å². The predicted molar refractivity (Wildman–Crippen MR) is 107 cm³/mol. The lowest BCUT2D eigenvalue weighted by Crippen LogP contribution is -2.38. The van der Waals surface area contributed by atoms with Gasteiger partial charge in [0.05, 0.1) is 25.7 Å². The standard InChI is InChI=1S/C22H23NO5/c1-25-17-8-6-16(7-9-17)21-22(27-15-12-23-10-13-26-14-11-23)20(24)18-4-2-3-5-19(18)28-21/h2-9H,10-15H2,1H3. The lowest BCUT2D eigenvalue weighted by Gasteiger charge is -2.26. The van der Waals surface area contributed by atoms with Crippen LogP contribution in [0.3, 0.4) is 0 Å². The van der Waals surface area contributed by atoms with Gasteiger partial charge in [-0.15, -0.1) is 0 Å². The van der Waals surface area contributed by atoms with E-state index in [0.29, 0.717) is 23.3 Å². The Bertz CT molecular complexity index is 990. The summed E-state index contributed by atoms with van der Waals surface area (Å²) in [6, 6.07) is 14.6. The molecule has 0 N–H and O–H groups in total. The van der Waals surface area contributed by atoms with Crippen LogP contribution in [0.1, 0.15) is 0 Å². The zero-order chi connectivity index (χ0) is 19.3. The van der Waals surface area contributed by atoms with Crippen LogP contribution in [0.5, 0.6) is 11.5 Å². The number of rotatable bonds is 6. The molecule has 0 bridgehead atoms. The molecule has 0 radical (unpaired) electrons. The monoisotopic (exact) mass is 381 g/mol. The van der Waals surface area contributed by atoms with Crippen molar-refractivity contribution in [2.75, 3.05) is 46.6 Å². The third kappa shape index (κ3) is 3.88. The van der Waals surface area contributed by atoms with Gasteiger partial charge in [0.1, 0.15) is 17.9 Å². The molecule has 6 heteroatoms. The molecule has 0 spiro atoms. The Morgan fingerprint density at radius 3 is 2.54 bits per heavy atom. The SMILES string of the molecule is COc1ccc(-c2oc3ccccc3c(=O)c2OCCN2CCOCC2)cc1. The second kappa shape index (κ2) is 8.46. The normalized spacial score (nSPS) is 14.9. The van der Waals surface area contributed by atoms with Crippen LogP contribution in [-0.2, 0) is 4.74 Å². The van der Waals surface area contributed by atoms with Gasteiger partial charge in [-0.05, 0) is 36.4 Å². The average Bonchev–Trinajstić information content (AvgIpc) is 2.76. The Morgan fingerprint density at radius 1 is 1.04 bits per heavy atom. The van der Waals surface area contributed by atoms with Gasteiger partial charge in [0, 0.05) is 25.2 Å². The van der Waals surface area contributed by atoms with Crippen molar-refractivity contribution in [2.45, 2.75) is 0 Å². The summed E-state index contributed by atoms with van der Waals surface area (Å²) >= 11 is 0. The number of methoxy groups -OCH3 is 1. The molecule has 0 amide bonds. The van der Waals surface area contributed by atoms with Gasteiger partial charge in [-0.1, -0.05) is 12.1 Å². The molecular formula is C22H23NO5. The lowest BCUT2D eigenvalue weighted by atomic mass is 10.1. The van der Waals surface area contributed by atoms with Gasteiger partial charge in [-0.25, -0.2) is 0 Å². The molecule has 0 unspecified atom stereocenters. The summed E-state index contributed by atoms with van der Waals surface area (Å²) in [5.74, 6) is 1.42. The highest BCUT2D eigenvalue weighted by Gasteiger charge is 2.18. The van der Waals surface area contributed by atoms with Gasteiger partial charge in [0.2, 0.25) is 11.2 Å². The summed E-state index contributed by atoms with van der Waals surface area (Å²) in [7, 11) is 1.62. The minimum atomic E-state index is -0.158. The van der Waals surface area contributed by atoms with Crippen molar-refractivity contribution in [3.8, 4) is 22.8 Å². The van der Waals surface area contributed by atoms with Gasteiger partial charge in [-0.3, -0.25) is 9.69 Å². The van der Waals surface area contributed by atoms with Gasteiger partial charge < -0.3 is 18.6 Å². The van der Waals surface area contributed by atoms with Crippen LogP contribution in [0, 0.1) is 0 Å². The molecule has 146 valence electrons. The van der Waals surface area contributed by atoms with Crippen molar-refractivity contribution in [3.05, 3.63) is 58.8 Å². The first-order valence-corrected chi connectivity index (χ1v) is 9.39. The molecule has 0 aliphatic carbocycles. The van der Waals surface area contributed by atoms with E-state index in [1.54, 1.807) is 19.2 Å². The van der Waals surface area contributed by atoms with E-state index in [1.807, 2.05) is 36.4 Å². The molecule has 2 heterocycles. The summed E-state index contributed by atoms with van der Waals surface area (Å²) in [4.78, 5) is 15.3. The highest BCUT2D eigenvalue weighted by molar-refractivity contribution is 5.81. The van der Waals surface area contributed by atoms with E-state index in [0.717, 1.165) is 44.2 Å². The molecule has 4 rings (SSSR count). The molecular weight excluding hydrogens is 358 g/mol. The van der Waals surface area contributed by atoms with Gasteiger partial charge in [-0.2, -0.15) is 0 Å². The number of hydrogen-bond donors (Lipinski definition) is 0. The number of nitrogens with zero attached hydrogens (tertiary/aromatic N) is 1. The highest BCUT2D eigenvalue weighted by atomic mass is 16.5. The first-order chi connectivity index (χ1) is 13.8. The topological polar surface area (TPSA) is 61.1 Å². The first-order valence-electron chi connectivity index (χ1n) is 9.39. The number of para-hydroxylation sites is 1. The van der Waals surface area contributed by atoms with E-state index >= 15 is 0 Å². The quantitative estimate of drug-likeness (QED) is 0.654. The molecule has 1 aliphatic heterocycles. The van der Waals surface area contributed by atoms with Crippen LogP contribution in [0.4, 0.5) is 0 Å². The fraction of sp³-hybridized carbons (Fsp3) is 0.318. The van der Waals surface area contributed by atoms with Crippen LogP contribution in [0.25, 0.3) is 22.3 Å². The zero-order valence-electron chi connectivity index (χ0n) is 15.8. The number of benzene rings is 2. The fourth-order valence-electron chi connectivity index (χ4n) is 3.29. The Balaban J connectivity index is 1.67. The fourth-order valence-corrected chi connectivity index (χ4v) is 3.29. The Kier molecular flexibility index (Phi) is 5.60. The van der Waals surface area contributed by atoms with Crippen molar-refractivity contribution in [1.82, 2.24) is 4.90 Å². The molecule has 0 saturated carbocycles. The molecule has 28 heavy (non-hydrogen) atoms. The van der Waals surface area contributed by atoms with Crippen molar-refractivity contribution in [1.29, 1.82) is 0 Å². The maximum atomic E-state index is 13.1. The molecule has 1 aromatic heterocycles. The third-order valence-electron chi connectivity index (χ3n) is 4.87. The molecule has 1 saturated heterocycles. The van der Waals surface area contributed by atoms with Crippen molar-refractivity contribution in [2.24, 2.45) is 0 Å². The summed E-state index contributed by atoms with van der Waals surface area (Å²) < 4.78 is 22.6. The lowest BCUT2D eigenvalue weighted by molar-refractivity contribution is 0.0321. The van der Waals surface area contributed by atoms with E-state index in [2.05, 4.69) is 4.90 Å². The van der Waals surface area contributed by atoms with Crippen molar-refractivity contribution >= 4 is 11.0 Å². The molecule has 0 atom stereocenters. The maximum Gasteiger partial charge on any atom is 0.235 e. The highest BCUT2D eigenvalue weighted by Crippen LogP contribution is 2.31. The Labute approximate surface area is 163 Å². The molecule has 3 aromatic rings. The minimum Gasteiger partial charge on any atom is -0.497 e. The number of fused-ring (bicyclic) bond motifs is 1. The summed E-state index contributed by atoms with van der Waals surface area (Å²) in [5, 5.41) is 0.515. The summed E-state index contributed by atoms with van der Waals surface area (Å²) in [6.07, 6.45) is 0. The van der Waals surface area contributed by atoms with E-state index in [9.17, 15) is 4.79 Å². The van der Waals surface area contributed by atoms with Crippen LogP contribution in [0.15, 0.2) is 57.7 Å². The molecule has 1 aliphatic rings. The molecule has 2 aromatic carbocycles. The second-order valence-corrected chi connectivity index (χ2v) is 6.62. The van der Waals surface area contributed by atoms with Crippen LogP contribution in [-0.4, -0.2) is 51.5 Å². The van der Waals surface area contributed by atoms with Crippen LogP contribution >= 0.6 is 0 Å². The van der Waals surface area contributed by atoms with E-state index < -0.39 is 0 Å². The Hall–Kier alpha value is -2.83. The van der Waals surface area contributed by atoms with E-state index in [1.165, 1.54) is 0 Å². The zero-order valence-corrected chi connectivity index (χ0v) is 15.8. The van der Waals surface area contributed by atoms with Gasteiger partial charge >= 0.3 is 0 Å². The van der Waals surface area contributed by atoms with Crippen LogP contribution in [0.2, 0.25) is 0 Å². The summed E-state index contributed by atoms with van der Waals surface area (Å²) in [6.45, 7) is 4.36. The second-order valence-electron chi connectivity index (χ2n) is 6.62. The van der Waals surface area contributed by atoms with E-state index in [4.69, 9.17) is 18.6 Å². The third-order valence-corrected chi connectivity index (χ3v) is 4.87. The van der Waals surface area contributed by atoms with Crippen LogP contribution < -0.4 is 14.9 Å². The van der Waals surface area contributed by atoms with Crippen molar-refractivity contribution < 1.29 is 18.6 Å². The number of hydrogen-bond acceptors (Lipinski definition) is 6.